The first-order valence-electron chi connectivity index (χ1n) is 11.1. The molecule has 4 rings (SSSR count). The van der Waals surface area contributed by atoms with Crippen molar-refractivity contribution in [1.82, 2.24) is 9.71 Å². The van der Waals surface area contributed by atoms with Crippen LogP contribution in [0.1, 0.15) is 52.0 Å². The largest absolute Gasteiger partial charge is 0.382 e. The SMILES string of the molecule is CC(C)(C)c1ccc(S(=O)(=O)N[C@H]2CC[C@@H](Nc3ccnc4cc(Cl)ccc34)CC2)cc1. The van der Waals surface area contributed by atoms with Gasteiger partial charge in [-0.1, -0.05) is 44.5 Å². The summed E-state index contributed by atoms with van der Waals surface area (Å²) in [5.74, 6) is 0. The number of fused-ring (bicyclic) bond motifs is 1. The second kappa shape index (κ2) is 9.00. The molecule has 0 atom stereocenters. The minimum Gasteiger partial charge on any atom is -0.382 e. The molecule has 5 nitrogen and oxygen atoms in total. The molecule has 1 heterocycles. The van der Waals surface area contributed by atoms with Crippen LogP contribution >= 0.6 is 11.6 Å². The average molecular weight is 472 g/mol. The molecule has 1 aliphatic rings. The standard InChI is InChI=1S/C25H30ClN3O2S/c1-25(2,3)17-4-11-21(12-5-17)32(30,31)29-20-9-7-19(8-10-20)28-23-14-15-27-24-16-18(26)6-13-22(23)24/h4-6,11-16,19-20,29H,7-10H2,1-3H3,(H,27,28)/t19-,20+. The molecule has 3 aromatic rings. The van der Waals surface area contributed by atoms with Gasteiger partial charge < -0.3 is 5.32 Å². The molecule has 0 radical (unpaired) electrons. The lowest BCUT2D eigenvalue weighted by atomic mass is 9.87. The van der Waals surface area contributed by atoms with E-state index in [0.29, 0.717) is 16.0 Å². The predicted octanol–water partition coefficient (Wildman–Crippen LogP) is 5.89. The quantitative estimate of drug-likeness (QED) is 0.486. The fourth-order valence-corrected chi connectivity index (χ4v) is 5.72. The summed E-state index contributed by atoms with van der Waals surface area (Å²) >= 11 is 6.09. The molecule has 32 heavy (non-hydrogen) atoms. The van der Waals surface area contributed by atoms with Crippen LogP contribution in [0.2, 0.25) is 5.02 Å². The highest BCUT2D eigenvalue weighted by atomic mass is 35.5. The number of hydrogen-bond donors (Lipinski definition) is 2. The van der Waals surface area contributed by atoms with Gasteiger partial charge in [-0.15, -0.1) is 0 Å². The first kappa shape index (κ1) is 23.0. The number of anilines is 1. The van der Waals surface area contributed by atoms with Gasteiger partial charge in [0.05, 0.1) is 10.4 Å². The van der Waals surface area contributed by atoms with Gasteiger partial charge in [0.1, 0.15) is 0 Å². The summed E-state index contributed by atoms with van der Waals surface area (Å²) in [5, 5.41) is 5.33. The highest BCUT2D eigenvalue weighted by molar-refractivity contribution is 7.89. The number of nitrogens with one attached hydrogen (secondary N) is 2. The number of nitrogens with zero attached hydrogens (tertiary/aromatic N) is 1. The Hall–Kier alpha value is -2.15. The summed E-state index contributed by atoms with van der Waals surface area (Å²) in [4.78, 5) is 4.72. The summed E-state index contributed by atoms with van der Waals surface area (Å²) in [7, 11) is -3.52. The molecule has 2 N–H and O–H groups in total. The lowest BCUT2D eigenvalue weighted by Gasteiger charge is -2.30. The Kier molecular flexibility index (Phi) is 6.48. The van der Waals surface area contributed by atoms with Crippen LogP contribution in [0.25, 0.3) is 10.9 Å². The summed E-state index contributed by atoms with van der Waals surface area (Å²) in [5.41, 5.74) is 3.01. The highest BCUT2D eigenvalue weighted by Crippen LogP contribution is 2.29. The van der Waals surface area contributed by atoms with E-state index in [1.807, 2.05) is 36.4 Å². The number of hydrogen-bond acceptors (Lipinski definition) is 4. The molecule has 1 aromatic heterocycles. The van der Waals surface area contributed by atoms with Crippen molar-refractivity contribution in [2.24, 2.45) is 0 Å². The van der Waals surface area contributed by atoms with E-state index in [0.717, 1.165) is 47.8 Å². The molecular weight excluding hydrogens is 442 g/mol. The summed E-state index contributed by atoms with van der Waals surface area (Å²) < 4.78 is 28.6. The molecule has 0 unspecified atom stereocenters. The summed E-state index contributed by atoms with van der Waals surface area (Å²) in [6.45, 7) is 6.35. The van der Waals surface area contributed by atoms with E-state index < -0.39 is 10.0 Å². The number of benzene rings is 2. The predicted molar refractivity (Wildman–Crippen MR) is 132 cm³/mol. The van der Waals surface area contributed by atoms with Crippen LogP contribution in [0, 0.1) is 0 Å². The maximum absolute atomic E-state index is 12.9. The Labute approximate surface area is 195 Å². The zero-order valence-corrected chi connectivity index (χ0v) is 20.3. The highest BCUT2D eigenvalue weighted by Gasteiger charge is 2.26. The number of halogens is 1. The van der Waals surface area contributed by atoms with Crippen LogP contribution in [0.5, 0.6) is 0 Å². The molecule has 0 saturated heterocycles. The van der Waals surface area contributed by atoms with Gasteiger partial charge in [-0.25, -0.2) is 13.1 Å². The van der Waals surface area contributed by atoms with Gasteiger partial charge in [0.15, 0.2) is 0 Å². The van der Waals surface area contributed by atoms with Gasteiger partial charge in [0.25, 0.3) is 0 Å². The van der Waals surface area contributed by atoms with E-state index in [4.69, 9.17) is 11.6 Å². The second-order valence-corrected chi connectivity index (χ2v) is 11.8. The van der Waals surface area contributed by atoms with Crippen molar-refractivity contribution in [2.75, 3.05) is 5.32 Å². The average Bonchev–Trinajstić information content (AvgIpc) is 2.74. The van der Waals surface area contributed by atoms with Crippen LogP contribution in [0.4, 0.5) is 5.69 Å². The first-order valence-corrected chi connectivity index (χ1v) is 12.9. The molecular formula is C25H30ClN3O2S. The van der Waals surface area contributed by atoms with Gasteiger partial charge in [-0.05, 0) is 73.1 Å². The number of pyridine rings is 1. The van der Waals surface area contributed by atoms with E-state index in [2.05, 4.69) is 35.8 Å². The van der Waals surface area contributed by atoms with Crippen molar-refractivity contribution in [3.63, 3.8) is 0 Å². The van der Waals surface area contributed by atoms with Crippen molar-refractivity contribution >= 4 is 38.2 Å². The molecule has 2 aromatic carbocycles. The number of sulfonamides is 1. The van der Waals surface area contributed by atoms with Gasteiger partial charge in [-0.2, -0.15) is 0 Å². The third kappa shape index (κ3) is 5.25. The Balaban J connectivity index is 1.37. The van der Waals surface area contributed by atoms with Gasteiger partial charge >= 0.3 is 0 Å². The molecule has 1 fully saturated rings. The van der Waals surface area contributed by atoms with Gasteiger partial charge in [0, 0.05) is 34.4 Å². The Bertz CT molecular complexity index is 1200. The van der Waals surface area contributed by atoms with Gasteiger partial charge in [-0.3, -0.25) is 4.98 Å². The Morgan fingerprint density at radius 3 is 2.25 bits per heavy atom. The molecule has 0 aliphatic heterocycles. The fourth-order valence-electron chi connectivity index (χ4n) is 4.24. The van der Waals surface area contributed by atoms with Crippen molar-refractivity contribution in [1.29, 1.82) is 0 Å². The lowest BCUT2D eigenvalue weighted by molar-refractivity contribution is 0.387. The molecule has 7 heteroatoms. The van der Waals surface area contributed by atoms with Crippen LogP contribution in [-0.2, 0) is 15.4 Å². The normalized spacial score (nSPS) is 19.8. The fraction of sp³-hybridized carbons (Fsp3) is 0.400. The Morgan fingerprint density at radius 2 is 1.59 bits per heavy atom. The topological polar surface area (TPSA) is 71.1 Å². The monoisotopic (exact) mass is 471 g/mol. The lowest BCUT2D eigenvalue weighted by Crippen LogP contribution is -2.40. The van der Waals surface area contributed by atoms with E-state index in [9.17, 15) is 8.42 Å². The molecule has 0 amide bonds. The van der Waals surface area contributed by atoms with E-state index >= 15 is 0 Å². The molecule has 1 saturated carbocycles. The van der Waals surface area contributed by atoms with Crippen LogP contribution in [0.15, 0.2) is 59.6 Å². The minimum atomic E-state index is -3.52. The third-order valence-electron chi connectivity index (χ3n) is 6.14. The second-order valence-electron chi connectivity index (χ2n) is 9.61. The van der Waals surface area contributed by atoms with Crippen molar-refractivity contribution in [3.05, 3.63) is 65.3 Å². The number of rotatable bonds is 5. The van der Waals surface area contributed by atoms with E-state index in [1.54, 1.807) is 18.3 Å². The maximum Gasteiger partial charge on any atom is 0.240 e. The van der Waals surface area contributed by atoms with Crippen LogP contribution < -0.4 is 10.0 Å². The number of aromatic nitrogens is 1. The summed E-state index contributed by atoms with van der Waals surface area (Å²) in [6.07, 6.45) is 5.17. The first-order chi connectivity index (χ1) is 15.1. The maximum atomic E-state index is 12.9. The van der Waals surface area contributed by atoms with Crippen LogP contribution in [0.3, 0.4) is 0 Å². The zero-order valence-electron chi connectivity index (χ0n) is 18.7. The van der Waals surface area contributed by atoms with Crippen molar-refractivity contribution in [2.45, 2.75) is 68.8 Å². The summed E-state index contributed by atoms with van der Waals surface area (Å²) in [6, 6.07) is 15.2. The molecule has 0 spiro atoms. The van der Waals surface area contributed by atoms with Crippen molar-refractivity contribution in [3.8, 4) is 0 Å². The smallest absolute Gasteiger partial charge is 0.240 e. The zero-order chi connectivity index (χ0) is 22.9. The molecule has 1 aliphatic carbocycles. The van der Waals surface area contributed by atoms with Crippen LogP contribution in [-0.4, -0.2) is 25.5 Å². The van der Waals surface area contributed by atoms with E-state index in [1.165, 1.54) is 0 Å². The van der Waals surface area contributed by atoms with Gasteiger partial charge in [0.2, 0.25) is 10.0 Å². The molecule has 170 valence electrons. The third-order valence-corrected chi connectivity index (χ3v) is 7.92. The minimum absolute atomic E-state index is 0.00644. The molecule has 0 bridgehead atoms. The Morgan fingerprint density at radius 1 is 0.938 bits per heavy atom. The van der Waals surface area contributed by atoms with Crippen molar-refractivity contribution < 1.29 is 8.42 Å². The van der Waals surface area contributed by atoms with E-state index in [-0.39, 0.29) is 11.5 Å².